The number of nitrogens with two attached hydrogens (primary N) is 1. The number of ether oxygens (including phenoxy) is 3. The van der Waals surface area contributed by atoms with E-state index in [9.17, 15) is 10.2 Å². The first-order valence-corrected chi connectivity index (χ1v) is 5.86. The van der Waals surface area contributed by atoms with Crippen LogP contribution in [0.2, 0.25) is 0 Å². The van der Waals surface area contributed by atoms with Gasteiger partial charge in [-0.1, -0.05) is 0 Å². The minimum atomic E-state index is -1.41. The van der Waals surface area contributed by atoms with E-state index in [1.807, 2.05) is 0 Å². The van der Waals surface area contributed by atoms with E-state index in [1.165, 1.54) is 21.1 Å². The molecule has 1 saturated heterocycles. The van der Waals surface area contributed by atoms with Crippen LogP contribution in [0.5, 0.6) is 0 Å². The number of hydrogen-bond donors (Lipinski definition) is 4. The molecule has 0 spiro atoms. The maximum atomic E-state index is 10.0. The van der Waals surface area contributed by atoms with Crippen LogP contribution >= 0.6 is 0 Å². The third-order valence-electron chi connectivity index (χ3n) is 3.24. The minimum absolute atomic E-state index is 0.229. The Bertz CT molecular complexity index is 262. The Morgan fingerprint density at radius 1 is 1.50 bits per heavy atom. The van der Waals surface area contributed by atoms with Crippen molar-refractivity contribution in [2.75, 3.05) is 20.8 Å². The number of aliphatic hydroxyl groups is 3. The maximum absolute atomic E-state index is 10.0. The van der Waals surface area contributed by atoms with Crippen LogP contribution in [0.1, 0.15) is 13.3 Å². The average Bonchev–Trinajstić information content (AvgIpc) is 2.33. The molecule has 6 atom stereocenters. The monoisotopic (exact) mass is 265 g/mol. The van der Waals surface area contributed by atoms with Crippen LogP contribution in [0.15, 0.2) is 0 Å². The highest BCUT2D eigenvalue weighted by Crippen LogP contribution is 2.30. The van der Waals surface area contributed by atoms with Crippen molar-refractivity contribution < 1.29 is 29.5 Å². The second kappa shape index (κ2) is 6.25. The summed E-state index contributed by atoms with van der Waals surface area (Å²) < 4.78 is 15.8. The normalized spacial score (nSPS) is 40.5. The van der Waals surface area contributed by atoms with E-state index in [0.29, 0.717) is 0 Å². The lowest BCUT2D eigenvalue weighted by atomic mass is 9.90. The van der Waals surface area contributed by atoms with Gasteiger partial charge in [-0.25, -0.2) is 0 Å². The Hall–Kier alpha value is -0.280. The van der Waals surface area contributed by atoms with Gasteiger partial charge >= 0.3 is 0 Å². The van der Waals surface area contributed by atoms with Gasteiger partial charge in [0.1, 0.15) is 18.3 Å². The quantitative estimate of drug-likeness (QED) is 0.463. The highest BCUT2D eigenvalue weighted by molar-refractivity contribution is 4.96. The lowest BCUT2D eigenvalue weighted by molar-refractivity contribution is -0.294. The molecule has 108 valence electrons. The largest absolute Gasteiger partial charge is 0.394 e. The van der Waals surface area contributed by atoms with Crippen LogP contribution in [0.25, 0.3) is 0 Å². The lowest BCUT2D eigenvalue weighted by Gasteiger charge is -2.45. The SMILES string of the molecule is COC1CC(C)(O)OC(C(OC)C(O)CO)C1N. The van der Waals surface area contributed by atoms with Crippen molar-refractivity contribution in [2.24, 2.45) is 5.73 Å². The minimum Gasteiger partial charge on any atom is -0.394 e. The highest BCUT2D eigenvalue weighted by atomic mass is 16.6. The van der Waals surface area contributed by atoms with Gasteiger partial charge in [0.15, 0.2) is 5.79 Å². The summed E-state index contributed by atoms with van der Waals surface area (Å²) in [5, 5.41) is 28.7. The van der Waals surface area contributed by atoms with Crippen LogP contribution < -0.4 is 5.73 Å². The second-order valence-electron chi connectivity index (χ2n) is 4.76. The predicted molar refractivity (Wildman–Crippen MR) is 62.8 cm³/mol. The van der Waals surface area contributed by atoms with Crippen molar-refractivity contribution >= 4 is 0 Å². The molecule has 0 radical (unpaired) electrons. The molecule has 1 aliphatic rings. The molecule has 0 saturated carbocycles. The summed E-state index contributed by atoms with van der Waals surface area (Å²) in [6, 6.07) is -0.568. The molecule has 0 aliphatic carbocycles. The first-order chi connectivity index (χ1) is 8.36. The Kier molecular flexibility index (Phi) is 5.47. The van der Waals surface area contributed by atoms with Crippen molar-refractivity contribution in [1.29, 1.82) is 0 Å². The Balaban J connectivity index is 2.89. The fourth-order valence-electron chi connectivity index (χ4n) is 2.28. The van der Waals surface area contributed by atoms with Gasteiger partial charge in [-0.3, -0.25) is 0 Å². The zero-order chi connectivity index (χ0) is 13.9. The zero-order valence-corrected chi connectivity index (χ0v) is 10.9. The maximum Gasteiger partial charge on any atom is 0.165 e. The molecule has 1 rings (SSSR count). The number of rotatable bonds is 5. The Morgan fingerprint density at radius 3 is 2.56 bits per heavy atom. The Labute approximate surface area is 106 Å². The van der Waals surface area contributed by atoms with Gasteiger partial charge in [-0.15, -0.1) is 0 Å². The number of hydrogen-bond acceptors (Lipinski definition) is 7. The first kappa shape index (κ1) is 15.8. The van der Waals surface area contributed by atoms with Gasteiger partial charge < -0.3 is 35.3 Å². The average molecular weight is 265 g/mol. The molecule has 0 bridgehead atoms. The molecule has 1 aliphatic heterocycles. The van der Waals surface area contributed by atoms with Crippen LogP contribution in [0.4, 0.5) is 0 Å². The zero-order valence-electron chi connectivity index (χ0n) is 10.9. The molecule has 18 heavy (non-hydrogen) atoms. The Morgan fingerprint density at radius 2 is 2.11 bits per heavy atom. The molecule has 7 nitrogen and oxygen atoms in total. The van der Waals surface area contributed by atoms with E-state index in [-0.39, 0.29) is 6.42 Å². The summed E-state index contributed by atoms with van der Waals surface area (Å²) in [7, 11) is 2.87. The number of aliphatic hydroxyl groups excluding tert-OH is 2. The standard InChI is InChI=1S/C11H23NO6/c1-11(15)4-7(16-2)8(12)10(18-11)9(17-3)6(14)5-13/h6-10,13-15H,4-5,12H2,1-3H3. The molecule has 1 heterocycles. The molecule has 0 aromatic heterocycles. The summed E-state index contributed by atoms with van der Waals surface area (Å²) in [6.45, 7) is 1.01. The van der Waals surface area contributed by atoms with Gasteiger partial charge in [0.2, 0.25) is 0 Å². The third kappa shape index (κ3) is 3.39. The van der Waals surface area contributed by atoms with E-state index >= 15 is 0 Å². The van der Waals surface area contributed by atoms with E-state index in [0.717, 1.165) is 0 Å². The molecule has 7 heteroatoms. The number of methoxy groups -OCH3 is 2. The van der Waals surface area contributed by atoms with E-state index in [4.69, 9.17) is 25.1 Å². The second-order valence-corrected chi connectivity index (χ2v) is 4.76. The van der Waals surface area contributed by atoms with Gasteiger partial charge in [-0.2, -0.15) is 0 Å². The van der Waals surface area contributed by atoms with E-state index in [1.54, 1.807) is 0 Å². The van der Waals surface area contributed by atoms with Crippen molar-refractivity contribution in [1.82, 2.24) is 0 Å². The predicted octanol–water partition coefficient (Wildman–Crippen LogP) is -1.81. The smallest absolute Gasteiger partial charge is 0.165 e. The molecular formula is C11H23NO6. The summed E-state index contributed by atoms with van der Waals surface area (Å²) >= 11 is 0. The van der Waals surface area contributed by atoms with Crippen LogP contribution in [0.3, 0.4) is 0 Å². The third-order valence-corrected chi connectivity index (χ3v) is 3.24. The molecule has 0 aromatic rings. The van der Waals surface area contributed by atoms with Crippen LogP contribution in [-0.2, 0) is 14.2 Å². The van der Waals surface area contributed by atoms with Crippen LogP contribution in [0, 0.1) is 0 Å². The van der Waals surface area contributed by atoms with Gasteiger partial charge in [0.25, 0.3) is 0 Å². The molecule has 1 fully saturated rings. The van der Waals surface area contributed by atoms with Crippen molar-refractivity contribution in [3.8, 4) is 0 Å². The van der Waals surface area contributed by atoms with Gasteiger partial charge in [0.05, 0.1) is 18.8 Å². The summed E-state index contributed by atoms with van der Waals surface area (Å²) in [5.74, 6) is -1.41. The molecule has 6 unspecified atom stereocenters. The first-order valence-electron chi connectivity index (χ1n) is 5.86. The summed E-state index contributed by atoms with van der Waals surface area (Å²) in [4.78, 5) is 0. The van der Waals surface area contributed by atoms with Crippen molar-refractivity contribution in [2.45, 2.75) is 49.6 Å². The summed E-state index contributed by atoms with van der Waals surface area (Å²) in [6.07, 6.45) is -2.94. The summed E-state index contributed by atoms with van der Waals surface area (Å²) in [5.41, 5.74) is 5.99. The van der Waals surface area contributed by atoms with Gasteiger partial charge in [0, 0.05) is 20.6 Å². The lowest BCUT2D eigenvalue weighted by Crippen LogP contribution is -2.63. The molecule has 0 aromatic carbocycles. The van der Waals surface area contributed by atoms with Gasteiger partial charge in [-0.05, 0) is 6.92 Å². The fraction of sp³-hybridized carbons (Fsp3) is 1.00. The molecule has 5 N–H and O–H groups in total. The van der Waals surface area contributed by atoms with Crippen molar-refractivity contribution in [3.63, 3.8) is 0 Å². The van der Waals surface area contributed by atoms with E-state index in [2.05, 4.69) is 0 Å². The highest BCUT2D eigenvalue weighted by Gasteiger charge is 2.47. The molecule has 0 amide bonds. The fourth-order valence-corrected chi connectivity index (χ4v) is 2.28. The van der Waals surface area contributed by atoms with Crippen LogP contribution in [-0.4, -0.2) is 72.4 Å². The molecular weight excluding hydrogens is 242 g/mol. The van der Waals surface area contributed by atoms with Crippen molar-refractivity contribution in [3.05, 3.63) is 0 Å². The van der Waals surface area contributed by atoms with E-state index < -0.39 is 42.9 Å². The topological polar surface area (TPSA) is 114 Å².